The summed E-state index contributed by atoms with van der Waals surface area (Å²) in [6.45, 7) is 0. The number of alkyl halides is 3. The molecule has 8 heteroatoms. The number of halogens is 4. The van der Waals surface area contributed by atoms with Crippen LogP contribution >= 0.6 is 0 Å². The number of rotatable bonds is 2. The number of aromatic carboxylic acids is 1. The van der Waals surface area contributed by atoms with E-state index in [2.05, 4.69) is 0 Å². The van der Waals surface area contributed by atoms with Gasteiger partial charge in [0.25, 0.3) is 0 Å². The van der Waals surface area contributed by atoms with Crippen molar-refractivity contribution >= 4 is 11.9 Å². The summed E-state index contributed by atoms with van der Waals surface area (Å²) in [5.74, 6) is -4.35. The molecule has 0 saturated carbocycles. The monoisotopic (exact) mass is 291 g/mol. The summed E-state index contributed by atoms with van der Waals surface area (Å²) in [7, 11) is 0. The molecule has 1 aromatic carbocycles. The zero-order valence-electron chi connectivity index (χ0n) is 9.92. The number of hydrogen-bond donors (Lipinski definition) is 2. The van der Waals surface area contributed by atoms with Crippen molar-refractivity contribution in [3.8, 4) is 0 Å². The number of carboxylic acids is 1. The van der Waals surface area contributed by atoms with Gasteiger partial charge in [-0.2, -0.15) is 13.2 Å². The second kappa shape index (κ2) is 4.77. The third kappa shape index (κ3) is 2.59. The molecule has 20 heavy (non-hydrogen) atoms. The molecule has 2 N–H and O–H groups in total. The minimum atomic E-state index is -5.04. The fourth-order valence-corrected chi connectivity index (χ4v) is 2.27. The summed E-state index contributed by atoms with van der Waals surface area (Å²) in [6.07, 6.45) is -4.77. The number of carbonyl (C=O) groups excluding carboxylic acids is 1. The maximum Gasteiger partial charge on any atom is 0.471 e. The minimum Gasteiger partial charge on any atom is -0.478 e. The van der Waals surface area contributed by atoms with Crippen LogP contribution in [0.3, 0.4) is 0 Å². The van der Waals surface area contributed by atoms with Gasteiger partial charge in [-0.05, 0) is 36.1 Å². The molecule has 108 valence electrons. The summed E-state index contributed by atoms with van der Waals surface area (Å²) in [4.78, 5) is 21.9. The lowest BCUT2D eigenvalue weighted by atomic mass is 10.0. The van der Waals surface area contributed by atoms with Crippen LogP contribution in [0.1, 0.15) is 33.9 Å². The van der Waals surface area contributed by atoms with Gasteiger partial charge >= 0.3 is 18.1 Å². The maximum absolute atomic E-state index is 13.3. The summed E-state index contributed by atoms with van der Waals surface area (Å²) in [6, 6.07) is 0.735. The molecule has 1 aromatic rings. The van der Waals surface area contributed by atoms with Crippen LogP contribution in [0.15, 0.2) is 12.1 Å². The molecule has 1 amide bonds. The molecule has 0 fully saturated rings. The third-order valence-electron chi connectivity index (χ3n) is 3.10. The Morgan fingerprint density at radius 2 is 1.95 bits per heavy atom. The molecule has 0 heterocycles. The van der Waals surface area contributed by atoms with Gasteiger partial charge in [0.2, 0.25) is 0 Å². The predicted octanol–water partition coefficient (Wildman–Crippen LogP) is 2.19. The first-order chi connectivity index (χ1) is 9.20. The zero-order chi connectivity index (χ0) is 15.1. The quantitative estimate of drug-likeness (QED) is 0.821. The topological polar surface area (TPSA) is 66.4 Å². The highest BCUT2D eigenvalue weighted by Gasteiger charge is 2.41. The molecular weight excluding hydrogens is 282 g/mol. The number of fused-ring (bicyclic) bond motifs is 1. The van der Waals surface area contributed by atoms with E-state index in [0.717, 1.165) is 12.1 Å². The van der Waals surface area contributed by atoms with E-state index in [4.69, 9.17) is 5.11 Å². The SMILES string of the molecule is O=C(O)c1cc(F)cc2c1CCC2NC(=O)C(F)(F)F. The molecule has 0 radical (unpaired) electrons. The van der Waals surface area contributed by atoms with Crippen LogP contribution in [0.5, 0.6) is 0 Å². The van der Waals surface area contributed by atoms with E-state index >= 15 is 0 Å². The van der Waals surface area contributed by atoms with E-state index in [9.17, 15) is 27.2 Å². The predicted molar refractivity (Wildman–Crippen MR) is 58.6 cm³/mol. The molecule has 1 aliphatic rings. The van der Waals surface area contributed by atoms with Crippen LogP contribution in [0.2, 0.25) is 0 Å². The Hall–Kier alpha value is -2.12. The second-order valence-corrected chi connectivity index (χ2v) is 4.39. The Morgan fingerprint density at radius 1 is 1.30 bits per heavy atom. The molecule has 0 aliphatic heterocycles. The highest BCUT2D eigenvalue weighted by molar-refractivity contribution is 5.90. The summed E-state index contributed by atoms with van der Waals surface area (Å²) in [5, 5.41) is 10.7. The fraction of sp³-hybridized carbons (Fsp3) is 0.333. The first kappa shape index (κ1) is 14.3. The van der Waals surface area contributed by atoms with Crippen molar-refractivity contribution in [1.29, 1.82) is 0 Å². The van der Waals surface area contributed by atoms with Crippen LogP contribution in [0, 0.1) is 5.82 Å². The largest absolute Gasteiger partial charge is 0.478 e. The Morgan fingerprint density at radius 3 is 2.50 bits per heavy atom. The van der Waals surface area contributed by atoms with E-state index in [1.54, 1.807) is 5.32 Å². The van der Waals surface area contributed by atoms with Crippen molar-refractivity contribution in [2.75, 3.05) is 0 Å². The smallest absolute Gasteiger partial charge is 0.471 e. The average molecular weight is 291 g/mol. The van der Waals surface area contributed by atoms with Crippen molar-refractivity contribution in [3.05, 3.63) is 34.6 Å². The zero-order valence-corrected chi connectivity index (χ0v) is 9.92. The fourth-order valence-electron chi connectivity index (χ4n) is 2.27. The average Bonchev–Trinajstić information content (AvgIpc) is 2.70. The Balaban J connectivity index is 2.34. The first-order valence-electron chi connectivity index (χ1n) is 5.63. The van der Waals surface area contributed by atoms with E-state index < -0.39 is 29.9 Å². The molecule has 1 aliphatic carbocycles. The molecule has 1 unspecified atom stereocenters. The number of carboxylic acid groups (broad SMARTS) is 1. The molecule has 4 nitrogen and oxygen atoms in total. The van der Waals surface area contributed by atoms with E-state index in [0.29, 0.717) is 0 Å². The van der Waals surface area contributed by atoms with Crippen LogP contribution < -0.4 is 5.32 Å². The molecule has 2 rings (SSSR count). The summed E-state index contributed by atoms with van der Waals surface area (Å²) >= 11 is 0. The van der Waals surface area contributed by atoms with Gasteiger partial charge in [-0.3, -0.25) is 4.79 Å². The first-order valence-corrected chi connectivity index (χ1v) is 5.63. The van der Waals surface area contributed by atoms with E-state index in [1.807, 2.05) is 0 Å². The third-order valence-corrected chi connectivity index (χ3v) is 3.10. The number of nitrogens with one attached hydrogen (secondary N) is 1. The van der Waals surface area contributed by atoms with Gasteiger partial charge in [-0.1, -0.05) is 0 Å². The number of hydrogen-bond acceptors (Lipinski definition) is 2. The lowest BCUT2D eigenvalue weighted by Gasteiger charge is -2.16. The Kier molecular flexibility index (Phi) is 3.41. The van der Waals surface area contributed by atoms with Crippen molar-refractivity contribution in [1.82, 2.24) is 5.32 Å². The molecule has 0 spiro atoms. The van der Waals surface area contributed by atoms with Crippen LogP contribution in [-0.2, 0) is 11.2 Å². The lowest BCUT2D eigenvalue weighted by molar-refractivity contribution is -0.174. The molecule has 0 aromatic heterocycles. The number of amides is 1. The highest BCUT2D eigenvalue weighted by atomic mass is 19.4. The Labute approximate surface area is 110 Å². The number of carbonyl (C=O) groups is 2. The van der Waals surface area contributed by atoms with Crippen LogP contribution in [0.4, 0.5) is 17.6 Å². The summed E-state index contributed by atoms with van der Waals surface area (Å²) < 4.78 is 49.9. The van der Waals surface area contributed by atoms with E-state index in [-0.39, 0.29) is 29.5 Å². The van der Waals surface area contributed by atoms with E-state index in [1.165, 1.54) is 0 Å². The standard InChI is InChI=1S/C12H9F4NO3/c13-5-3-7-6(8(4-5)10(18)19)1-2-9(7)17-11(20)12(14,15)16/h3-4,9H,1-2H2,(H,17,20)(H,18,19). The summed E-state index contributed by atoms with van der Waals surface area (Å²) in [5.41, 5.74) is 0.0510. The molecule has 0 saturated heterocycles. The van der Waals surface area contributed by atoms with Crippen molar-refractivity contribution < 1.29 is 32.3 Å². The van der Waals surface area contributed by atoms with Gasteiger partial charge in [-0.25, -0.2) is 9.18 Å². The highest BCUT2D eigenvalue weighted by Crippen LogP contribution is 2.35. The molecular formula is C12H9F4NO3. The van der Waals surface area contributed by atoms with Gasteiger partial charge in [0.1, 0.15) is 5.82 Å². The van der Waals surface area contributed by atoms with Crippen LogP contribution in [0.25, 0.3) is 0 Å². The van der Waals surface area contributed by atoms with Gasteiger partial charge in [0, 0.05) is 0 Å². The van der Waals surface area contributed by atoms with Crippen molar-refractivity contribution in [2.45, 2.75) is 25.1 Å². The molecule has 1 atom stereocenters. The lowest BCUT2D eigenvalue weighted by Crippen LogP contribution is -2.38. The van der Waals surface area contributed by atoms with Gasteiger partial charge in [0.05, 0.1) is 11.6 Å². The van der Waals surface area contributed by atoms with Gasteiger partial charge < -0.3 is 10.4 Å². The molecule has 0 bridgehead atoms. The van der Waals surface area contributed by atoms with Crippen molar-refractivity contribution in [3.63, 3.8) is 0 Å². The van der Waals surface area contributed by atoms with Gasteiger partial charge in [0.15, 0.2) is 0 Å². The minimum absolute atomic E-state index is 0.0833. The Bertz CT molecular complexity index is 583. The maximum atomic E-state index is 13.3. The van der Waals surface area contributed by atoms with Gasteiger partial charge in [-0.15, -0.1) is 0 Å². The number of benzene rings is 1. The van der Waals surface area contributed by atoms with Crippen molar-refractivity contribution in [2.24, 2.45) is 0 Å². The second-order valence-electron chi connectivity index (χ2n) is 4.39. The van der Waals surface area contributed by atoms with Crippen LogP contribution in [-0.4, -0.2) is 23.2 Å². The normalized spacial score (nSPS) is 17.7.